The molecule has 0 bridgehead atoms. The molecular formula is C16H31N3O. The number of hydrogen-bond acceptors (Lipinski definition) is 2. The summed E-state index contributed by atoms with van der Waals surface area (Å²) in [4.78, 5) is 14.5. The van der Waals surface area contributed by atoms with Gasteiger partial charge in [0.15, 0.2) is 0 Å². The van der Waals surface area contributed by atoms with Crippen molar-refractivity contribution in [3.8, 4) is 0 Å². The Morgan fingerprint density at radius 2 is 2.00 bits per heavy atom. The van der Waals surface area contributed by atoms with Crippen LogP contribution in [0, 0.1) is 5.92 Å². The molecule has 1 heterocycles. The van der Waals surface area contributed by atoms with Gasteiger partial charge in [0.2, 0.25) is 0 Å². The van der Waals surface area contributed by atoms with Crippen LogP contribution < -0.4 is 10.6 Å². The summed E-state index contributed by atoms with van der Waals surface area (Å²) in [5, 5.41) is 6.83. The van der Waals surface area contributed by atoms with Gasteiger partial charge < -0.3 is 15.5 Å². The minimum atomic E-state index is 0.161. The molecular weight excluding hydrogens is 250 g/mol. The van der Waals surface area contributed by atoms with Crippen LogP contribution in [-0.2, 0) is 0 Å². The number of hydrogen-bond donors (Lipinski definition) is 2. The fourth-order valence-electron chi connectivity index (χ4n) is 3.42. The van der Waals surface area contributed by atoms with Crippen LogP contribution in [0.3, 0.4) is 0 Å². The molecule has 0 aromatic carbocycles. The Hall–Kier alpha value is -0.770. The summed E-state index contributed by atoms with van der Waals surface area (Å²) in [5.41, 5.74) is 0. The normalized spacial score (nSPS) is 25.6. The summed E-state index contributed by atoms with van der Waals surface area (Å²) in [7, 11) is 0. The van der Waals surface area contributed by atoms with Gasteiger partial charge in [-0.25, -0.2) is 4.79 Å². The van der Waals surface area contributed by atoms with Gasteiger partial charge in [0.05, 0.1) is 0 Å². The van der Waals surface area contributed by atoms with Crippen molar-refractivity contribution in [2.75, 3.05) is 19.6 Å². The molecule has 2 fully saturated rings. The Morgan fingerprint density at radius 1 is 1.25 bits per heavy atom. The smallest absolute Gasteiger partial charge is 0.317 e. The van der Waals surface area contributed by atoms with Crippen LogP contribution in [0.15, 0.2) is 0 Å². The van der Waals surface area contributed by atoms with E-state index < -0.39 is 0 Å². The zero-order valence-corrected chi connectivity index (χ0v) is 13.2. The van der Waals surface area contributed by atoms with Gasteiger partial charge in [0, 0.05) is 25.2 Å². The van der Waals surface area contributed by atoms with E-state index in [4.69, 9.17) is 0 Å². The number of carbonyl (C=O) groups excluding carboxylic acids is 1. The first kappa shape index (κ1) is 15.6. The van der Waals surface area contributed by atoms with E-state index in [0.29, 0.717) is 18.0 Å². The second-order valence-electron chi connectivity index (χ2n) is 6.86. The number of rotatable bonds is 3. The molecule has 1 saturated carbocycles. The summed E-state index contributed by atoms with van der Waals surface area (Å²) in [6.07, 6.45) is 8.39. The highest BCUT2D eigenvalue weighted by molar-refractivity contribution is 5.74. The lowest BCUT2D eigenvalue weighted by Gasteiger charge is -2.29. The highest BCUT2D eigenvalue weighted by Gasteiger charge is 2.24. The first-order valence-corrected chi connectivity index (χ1v) is 8.44. The van der Waals surface area contributed by atoms with Crippen LogP contribution in [0.5, 0.6) is 0 Å². The Balaban J connectivity index is 1.83. The lowest BCUT2D eigenvalue weighted by molar-refractivity contribution is 0.187. The van der Waals surface area contributed by atoms with Crippen LogP contribution in [0.1, 0.15) is 58.8 Å². The molecule has 20 heavy (non-hydrogen) atoms. The van der Waals surface area contributed by atoms with Gasteiger partial charge in [-0.15, -0.1) is 0 Å². The summed E-state index contributed by atoms with van der Waals surface area (Å²) in [6.45, 7) is 7.28. The van der Waals surface area contributed by atoms with Crippen molar-refractivity contribution in [3.05, 3.63) is 0 Å². The highest BCUT2D eigenvalue weighted by Crippen LogP contribution is 2.18. The molecule has 2 aliphatic rings. The quantitative estimate of drug-likeness (QED) is 0.835. The molecule has 1 saturated heterocycles. The molecule has 1 atom stereocenters. The standard InChI is InChI=1S/C16H31N3O/c1-13(2)11-15-12-19(10-6-9-17-15)16(20)18-14-7-4-3-5-8-14/h13-15,17H,3-12H2,1-2H3,(H,18,20). The Kier molecular flexibility index (Phi) is 6.14. The summed E-state index contributed by atoms with van der Waals surface area (Å²) in [5.74, 6) is 0.675. The van der Waals surface area contributed by atoms with Crippen LogP contribution in [0.4, 0.5) is 4.79 Å². The van der Waals surface area contributed by atoms with Gasteiger partial charge in [-0.05, 0) is 38.1 Å². The molecule has 1 aliphatic carbocycles. The Morgan fingerprint density at radius 3 is 2.70 bits per heavy atom. The maximum atomic E-state index is 12.4. The summed E-state index contributed by atoms with van der Waals surface area (Å²) < 4.78 is 0. The number of carbonyl (C=O) groups is 1. The van der Waals surface area contributed by atoms with E-state index >= 15 is 0 Å². The lowest BCUT2D eigenvalue weighted by atomic mass is 9.96. The Labute approximate surface area is 123 Å². The van der Waals surface area contributed by atoms with Gasteiger partial charge in [0.25, 0.3) is 0 Å². The average Bonchev–Trinajstić information content (AvgIpc) is 2.65. The highest BCUT2D eigenvalue weighted by atomic mass is 16.2. The van der Waals surface area contributed by atoms with E-state index in [0.717, 1.165) is 45.3 Å². The predicted molar refractivity (Wildman–Crippen MR) is 82.8 cm³/mol. The fraction of sp³-hybridized carbons (Fsp3) is 0.938. The minimum absolute atomic E-state index is 0.161. The molecule has 0 aromatic heterocycles. The van der Waals surface area contributed by atoms with Crippen LogP contribution >= 0.6 is 0 Å². The zero-order valence-electron chi connectivity index (χ0n) is 13.2. The van der Waals surface area contributed by atoms with E-state index in [1.807, 2.05) is 4.90 Å². The monoisotopic (exact) mass is 281 g/mol. The average molecular weight is 281 g/mol. The second-order valence-corrected chi connectivity index (χ2v) is 6.86. The third-order valence-corrected chi connectivity index (χ3v) is 4.45. The number of nitrogens with one attached hydrogen (secondary N) is 2. The molecule has 2 amide bonds. The maximum Gasteiger partial charge on any atom is 0.317 e. The van der Waals surface area contributed by atoms with Crippen molar-refractivity contribution in [3.63, 3.8) is 0 Å². The van der Waals surface area contributed by atoms with E-state index in [1.54, 1.807) is 0 Å². The van der Waals surface area contributed by atoms with Crippen LogP contribution in [0.25, 0.3) is 0 Å². The summed E-state index contributed by atoms with van der Waals surface area (Å²) in [6, 6.07) is 1.03. The molecule has 116 valence electrons. The lowest BCUT2D eigenvalue weighted by Crippen LogP contribution is -2.48. The van der Waals surface area contributed by atoms with Crippen molar-refractivity contribution in [1.29, 1.82) is 0 Å². The molecule has 4 heteroatoms. The fourth-order valence-corrected chi connectivity index (χ4v) is 3.42. The van der Waals surface area contributed by atoms with Crippen LogP contribution in [-0.4, -0.2) is 42.6 Å². The topological polar surface area (TPSA) is 44.4 Å². The minimum Gasteiger partial charge on any atom is -0.335 e. The van der Waals surface area contributed by atoms with Gasteiger partial charge >= 0.3 is 6.03 Å². The first-order chi connectivity index (χ1) is 9.65. The largest absolute Gasteiger partial charge is 0.335 e. The van der Waals surface area contributed by atoms with Gasteiger partial charge in [-0.1, -0.05) is 33.1 Å². The predicted octanol–water partition coefficient (Wildman–Crippen LogP) is 2.74. The third-order valence-electron chi connectivity index (χ3n) is 4.45. The van der Waals surface area contributed by atoms with Gasteiger partial charge in [0.1, 0.15) is 0 Å². The van der Waals surface area contributed by atoms with E-state index in [-0.39, 0.29) is 6.03 Å². The van der Waals surface area contributed by atoms with Crippen molar-refractivity contribution in [2.45, 2.75) is 70.9 Å². The Bertz CT molecular complexity index is 300. The van der Waals surface area contributed by atoms with Crippen molar-refractivity contribution in [2.24, 2.45) is 5.92 Å². The van der Waals surface area contributed by atoms with E-state index in [9.17, 15) is 4.79 Å². The maximum absolute atomic E-state index is 12.4. The number of urea groups is 1. The third kappa shape index (κ3) is 4.97. The SMILES string of the molecule is CC(C)CC1CN(C(=O)NC2CCCCC2)CCCN1. The molecule has 0 spiro atoms. The molecule has 0 radical (unpaired) electrons. The van der Waals surface area contributed by atoms with E-state index in [1.165, 1.54) is 19.3 Å². The molecule has 2 N–H and O–H groups in total. The van der Waals surface area contributed by atoms with E-state index in [2.05, 4.69) is 24.5 Å². The van der Waals surface area contributed by atoms with Crippen LogP contribution in [0.2, 0.25) is 0 Å². The van der Waals surface area contributed by atoms with Gasteiger partial charge in [-0.2, -0.15) is 0 Å². The molecule has 2 rings (SSSR count). The summed E-state index contributed by atoms with van der Waals surface area (Å²) >= 11 is 0. The van der Waals surface area contributed by atoms with Crippen molar-refractivity contribution in [1.82, 2.24) is 15.5 Å². The first-order valence-electron chi connectivity index (χ1n) is 8.44. The second kappa shape index (κ2) is 7.87. The molecule has 1 unspecified atom stereocenters. The molecule has 4 nitrogen and oxygen atoms in total. The van der Waals surface area contributed by atoms with Gasteiger partial charge in [-0.3, -0.25) is 0 Å². The number of amides is 2. The zero-order chi connectivity index (χ0) is 14.4. The molecule has 1 aliphatic heterocycles. The van der Waals surface area contributed by atoms with Crippen molar-refractivity contribution >= 4 is 6.03 Å². The van der Waals surface area contributed by atoms with Crippen molar-refractivity contribution < 1.29 is 4.79 Å². The molecule has 0 aromatic rings. The number of nitrogens with zero attached hydrogens (tertiary/aromatic N) is 1.